The van der Waals surface area contributed by atoms with Gasteiger partial charge in [-0.3, -0.25) is 0 Å². The molecular formula is C19H19N5OS. The number of thiophene rings is 1. The molecule has 0 radical (unpaired) electrons. The van der Waals surface area contributed by atoms with Gasteiger partial charge in [0.1, 0.15) is 11.2 Å². The number of rotatable bonds is 3. The van der Waals surface area contributed by atoms with Crippen molar-refractivity contribution in [3.8, 4) is 5.88 Å². The first-order chi connectivity index (χ1) is 12.5. The number of para-hydroxylation sites is 1. The maximum absolute atomic E-state index is 10.7. The molecule has 0 unspecified atom stereocenters. The fraction of sp³-hybridized carbons (Fsp3) is 0.263. The van der Waals surface area contributed by atoms with Gasteiger partial charge in [0, 0.05) is 16.3 Å². The summed E-state index contributed by atoms with van der Waals surface area (Å²) < 4.78 is 1.86. The van der Waals surface area contributed by atoms with E-state index in [9.17, 15) is 5.11 Å². The highest BCUT2D eigenvalue weighted by Gasteiger charge is 2.18. The van der Waals surface area contributed by atoms with E-state index in [-0.39, 0.29) is 11.9 Å². The molecule has 0 spiro atoms. The van der Waals surface area contributed by atoms with Crippen molar-refractivity contribution in [1.29, 1.82) is 0 Å². The van der Waals surface area contributed by atoms with Crippen molar-refractivity contribution in [2.24, 2.45) is 10.2 Å². The minimum Gasteiger partial charge on any atom is -0.493 e. The first-order valence-electron chi connectivity index (χ1n) is 8.43. The minimum atomic E-state index is 0.108. The van der Waals surface area contributed by atoms with E-state index >= 15 is 0 Å². The number of nitrogens with zero attached hydrogens (tertiary/aromatic N) is 5. The molecule has 0 aliphatic heterocycles. The van der Waals surface area contributed by atoms with Crippen LogP contribution < -0.4 is 0 Å². The van der Waals surface area contributed by atoms with E-state index in [4.69, 9.17) is 0 Å². The highest BCUT2D eigenvalue weighted by Crippen LogP contribution is 2.42. The largest absolute Gasteiger partial charge is 0.493 e. The van der Waals surface area contributed by atoms with Crippen LogP contribution in [0.15, 0.2) is 40.8 Å². The molecule has 0 aliphatic carbocycles. The summed E-state index contributed by atoms with van der Waals surface area (Å²) in [6, 6.07) is 7.91. The van der Waals surface area contributed by atoms with Gasteiger partial charge in [-0.1, -0.05) is 18.2 Å². The molecule has 6 nitrogen and oxygen atoms in total. The van der Waals surface area contributed by atoms with Gasteiger partial charge in [0.2, 0.25) is 5.88 Å². The molecule has 0 atom stereocenters. The lowest BCUT2D eigenvalue weighted by molar-refractivity contribution is 0.407. The average molecular weight is 365 g/mol. The molecule has 0 bridgehead atoms. The number of hydrogen-bond donors (Lipinski definition) is 1. The number of benzene rings is 1. The molecule has 0 saturated heterocycles. The zero-order valence-electron chi connectivity index (χ0n) is 15.1. The van der Waals surface area contributed by atoms with Crippen molar-refractivity contribution in [2.45, 2.75) is 33.7 Å². The summed E-state index contributed by atoms with van der Waals surface area (Å²) in [7, 11) is 0. The van der Waals surface area contributed by atoms with E-state index in [0.29, 0.717) is 11.5 Å². The van der Waals surface area contributed by atoms with Crippen LogP contribution in [0.4, 0.5) is 11.5 Å². The fourth-order valence-electron chi connectivity index (χ4n) is 3.19. The number of hydrogen-bond acceptors (Lipinski definition) is 6. The predicted molar refractivity (Wildman–Crippen MR) is 105 cm³/mol. The first-order valence-corrected chi connectivity index (χ1v) is 9.25. The minimum absolute atomic E-state index is 0.108. The van der Waals surface area contributed by atoms with Crippen molar-refractivity contribution in [1.82, 2.24) is 14.5 Å². The molecule has 0 fully saturated rings. The van der Waals surface area contributed by atoms with Crippen molar-refractivity contribution in [3.63, 3.8) is 0 Å². The Kier molecular flexibility index (Phi) is 3.96. The lowest BCUT2D eigenvalue weighted by Crippen LogP contribution is -1.98. The van der Waals surface area contributed by atoms with Crippen molar-refractivity contribution in [3.05, 3.63) is 41.0 Å². The predicted octanol–water partition coefficient (Wildman–Crippen LogP) is 5.96. The molecule has 4 rings (SSSR count). The van der Waals surface area contributed by atoms with Gasteiger partial charge in [0.25, 0.3) is 0 Å². The number of fused-ring (bicyclic) bond motifs is 2. The second-order valence-corrected chi connectivity index (χ2v) is 7.72. The van der Waals surface area contributed by atoms with Gasteiger partial charge in [0.05, 0.1) is 10.9 Å². The molecule has 3 aromatic heterocycles. The van der Waals surface area contributed by atoms with E-state index in [1.807, 2.05) is 49.6 Å². The van der Waals surface area contributed by atoms with Crippen LogP contribution in [0.2, 0.25) is 0 Å². The van der Waals surface area contributed by atoms with Crippen LogP contribution in [0.5, 0.6) is 5.88 Å². The first kappa shape index (κ1) is 16.7. The standard InChI is InChI=1S/C19H19N5OS/c1-10(2)24-14-8-6-5-7-13(14)16(19(24)25)22-23-17-15-11(3)12(4)26-18(15)21-9-20-17/h5-10,25H,1-4H3. The van der Waals surface area contributed by atoms with Crippen LogP contribution in [0.3, 0.4) is 0 Å². The Balaban J connectivity index is 1.90. The quantitative estimate of drug-likeness (QED) is 0.455. The lowest BCUT2D eigenvalue weighted by Gasteiger charge is -2.10. The van der Waals surface area contributed by atoms with E-state index in [2.05, 4.69) is 27.1 Å². The van der Waals surface area contributed by atoms with Crippen LogP contribution in [0.1, 0.15) is 30.3 Å². The summed E-state index contributed by atoms with van der Waals surface area (Å²) in [5, 5.41) is 21.2. The Hall–Kier alpha value is -2.80. The Labute approximate surface area is 154 Å². The topological polar surface area (TPSA) is 75.7 Å². The van der Waals surface area contributed by atoms with Gasteiger partial charge in [-0.05, 0) is 39.3 Å². The Morgan fingerprint density at radius 3 is 2.65 bits per heavy atom. The average Bonchev–Trinajstić information content (AvgIpc) is 3.07. The Morgan fingerprint density at radius 1 is 1.12 bits per heavy atom. The zero-order chi connectivity index (χ0) is 18.4. The SMILES string of the molecule is Cc1sc2ncnc(N=Nc3c(O)n(C(C)C)c4ccccc34)c2c1C. The molecule has 0 saturated carbocycles. The summed E-state index contributed by atoms with van der Waals surface area (Å²) in [5.74, 6) is 0.645. The molecule has 1 aromatic carbocycles. The zero-order valence-corrected chi connectivity index (χ0v) is 15.9. The second-order valence-electron chi connectivity index (χ2n) is 6.51. The third-order valence-electron chi connectivity index (χ3n) is 4.57. The maximum Gasteiger partial charge on any atom is 0.221 e. The highest BCUT2D eigenvalue weighted by atomic mass is 32.1. The number of azo groups is 1. The summed E-state index contributed by atoms with van der Waals surface area (Å²) >= 11 is 1.62. The highest BCUT2D eigenvalue weighted by molar-refractivity contribution is 7.18. The summed E-state index contributed by atoms with van der Waals surface area (Å²) in [4.78, 5) is 10.7. The van der Waals surface area contributed by atoms with Crippen molar-refractivity contribution < 1.29 is 5.11 Å². The fourth-order valence-corrected chi connectivity index (χ4v) is 4.18. The molecule has 132 valence electrons. The number of aromatic nitrogens is 3. The van der Waals surface area contributed by atoms with Crippen LogP contribution in [-0.2, 0) is 0 Å². The normalized spacial score (nSPS) is 12.2. The van der Waals surface area contributed by atoms with E-state index in [1.54, 1.807) is 11.3 Å². The second kappa shape index (κ2) is 6.17. The van der Waals surface area contributed by atoms with Gasteiger partial charge >= 0.3 is 0 Å². The van der Waals surface area contributed by atoms with Gasteiger partial charge in [-0.15, -0.1) is 21.6 Å². The van der Waals surface area contributed by atoms with Gasteiger partial charge in [-0.2, -0.15) is 0 Å². The third kappa shape index (κ3) is 2.47. The molecule has 1 N–H and O–H groups in total. The van der Waals surface area contributed by atoms with Crippen molar-refractivity contribution in [2.75, 3.05) is 0 Å². The third-order valence-corrected chi connectivity index (χ3v) is 5.68. The van der Waals surface area contributed by atoms with Gasteiger partial charge in [0.15, 0.2) is 11.5 Å². The molecule has 0 aliphatic rings. The monoisotopic (exact) mass is 365 g/mol. The molecule has 7 heteroatoms. The summed E-state index contributed by atoms with van der Waals surface area (Å²) in [6.45, 7) is 8.15. The van der Waals surface area contributed by atoms with Gasteiger partial charge < -0.3 is 9.67 Å². The molecule has 3 heterocycles. The molecule has 26 heavy (non-hydrogen) atoms. The van der Waals surface area contributed by atoms with E-state index in [0.717, 1.165) is 26.7 Å². The van der Waals surface area contributed by atoms with Gasteiger partial charge in [-0.25, -0.2) is 9.97 Å². The van der Waals surface area contributed by atoms with Crippen molar-refractivity contribution >= 4 is 44.0 Å². The maximum atomic E-state index is 10.7. The smallest absolute Gasteiger partial charge is 0.221 e. The Morgan fingerprint density at radius 2 is 1.88 bits per heavy atom. The van der Waals surface area contributed by atoms with Crippen LogP contribution in [0.25, 0.3) is 21.1 Å². The molecular weight excluding hydrogens is 346 g/mol. The summed E-state index contributed by atoms with van der Waals surface area (Å²) in [6.07, 6.45) is 1.50. The summed E-state index contributed by atoms with van der Waals surface area (Å²) in [5.41, 5.74) is 2.52. The van der Waals surface area contributed by atoms with Crippen LogP contribution in [-0.4, -0.2) is 19.6 Å². The van der Waals surface area contributed by atoms with Crippen LogP contribution in [0, 0.1) is 13.8 Å². The molecule has 0 amide bonds. The molecule has 4 aromatic rings. The Bertz CT molecular complexity index is 1160. The van der Waals surface area contributed by atoms with E-state index in [1.165, 1.54) is 11.2 Å². The number of aryl methyl sites for hydroxylation is 2. The lowest BCUT2D eigenvalue weighted by atomic mass is 10.2. The van der Waals surface area contributed by atoms with E-state index < -0.39 is 0 Å². The van der Waals surface area contributed by atoms with Crippen LogP contribution >= 0.6 is 11.3 Å². The number of aromatic hydroxyl groups is 1.